The molecule has 1 aliphatic rings. The molecule has 1 unspecified atom stereocenters. The fraction of sp³-hybridized carbons (Fsp3) is 0.444. The number of benzene rings is 1. The Morgan fingerprint density at radius 1 is 1.44 bits per heavy atom. The molecule has 1 aromatic heterocycles. The van der Waals surface area contributed by atoms with Crippen LogP contribution in [0.25, 0.3) is 11.3 Å². The molecule has 2 heterocycles. The number of piperidine rings is 1. The fourth-order valence-corrected chi connectivity index (χ4v) is 3.40. The standard InChI is InChI=1S/C18H22ClN3O3/c1-2-9-22-10-3-4-14(11-22)20-17-15(18(23)24)16(25-21-17)12-5-7-13(19)8-6-12/h5-8,14H,2-4,9-11H2,1H3,(H,20,21)(H,23,24). The zero-order chi connectivity index (χ0) is 17.8. The van der Waals surface area contributed by atoms with Gasteiger partial charge >= 0.3 is 5.97 Å². The number of carboxylic acids is 1. The summed E-state index contributed by atoms with van der Waals surface area (Å²) in [6, 6.07) is 7.01. The lowest BCUT2D eigenvalue weighted by molar-refractivity contribution is 0.0698. The molecule has 1 fully saturated rings. The summed E-state index contributed by atoms with van der Waals surface area (Å²) in [5.74, 6) is -0.524. The van der Waals surface area contributed by atoms with E-state index < -0.39 is 5.97 Å². The first-order valence-corrected chi connectivity index (χ1v) is 8.94. The Morgan fingerprint density at radius 2 is 2.20 bits per heavy atom. The van der Waals surface area contributed by atoms with Gasteiger partial charge in [0.1, 0.15) is 0 Å². The van der Waals surface area contributed by atoms with Crippen LogP contribution in [0.5, 0.6) is 0 Å². The van der Waals surface area contributed by atoms with Gasteiger partial charge in [-0.2, -0.15) is 0 Å². The molecule has 0 radical (unpaired) electrons. The number of likely N-dealkylation sites (tertiary alicyclic amines) is 1. The maximum atomic E-state index is 11.8. The molecule has 1 atom stereocenters. The van der Waals surface area contributed by atoms with Gasteiger partial charge in [0.15, 0.2) is 17.1 Å². The van der Waals surface area contributed by atoms with E-state index in [0.717, 1.165) is 38.9 Å². The Labute approximate surface area is 151 Å². The quantitative estimate of drug-likeness (QED) is 0.808. The Balaban J connectivity index is 1.82. The second-order valence-corrected chi connectivity index (χ2v) is 6.77. The van der Waals surface area contributed by atoms with Crippen LogP contribution in [0.15, 0.2) is 28.8 Å². The lowest BCUT2D eigenvalue weighted by Crippen LogP contribution is -2.42. The van der Waals surface area contributed by atoms with Crippen molar-refractivity contribution < 1.29 is 14.4 Å². The predicted molar refractivity (Wildman–Crippen MR) is 97.3 cm³/mol. The van der Waals surface area contributed by atoms with Gasteiger partial charge in [0.05, 0.1) is 0 Å². The highest BCUT2D eigenvalue weighted by molar-refractivity contribution is 6.30. The number of carboxylic acid groups (broad SMARTS) is 1. The second kappa shape index (κ2) is 7.89. The minimum atomic E-state index is -1.06. The van der Waals surface area contributed by atoms with Crippen molar-refractivity contribution in [2.24, 2.45) is 0 Å². The Morgan fingerprint density at radius 3 is 2.88 bits per heavy atom. The first-order chi connectivity index (χ1) is 12.1. The molecule has 3 rings (SSSR count). The Kier molecular flexibility index (Phi) is 5.60. The van der Waals surface area contributed by atoms with Crippen molar-refractivity contribution in [3.05, 3.63) is 34.9 Å². The minimum absolute atomic E-state index is 0.0648. The highest BCUT2D eigenvalue weighted by Crippen LogP contribution is 2.31. The molecule has 0 bridgehead atoms. The normalized spacial score (nSPS) is 18.2. The summed E-state index contributed by atoms with van der Waals surface area (Å²) >= 11 is 5.90. The lowest BCUT2D eigenvalue weighted by Gasteiger charge is -2.32. The van der Waals surface area contributed by atoms with Crippen LogP contribution in [0.3, 0.4) is 0 Å². The number of nitrogens with one attached hydrogen (secondary N) is 1. The van der Waals surface area contributed by atoms with Crippen LogP contribution in [0.2, 0.25) is 5.02 Å². The summed E-state index contributed by atoms with van der Waals surface area (Å²) < 4.78 is 5.35. The Bertz CT molecular complexity index is 728. The van der Waals surface area contributed by atoms with E-state index >= 15 is 0 Å². The van der Waals surface area contributed by atoms with E-state index in [0.29, 0.717) is 16.4 Å². The molecule has 0 spiro atoms. The summed E-state index contributed by atoms with van der Waals surface area (Å²) in [4.78, 5) is 14.2. The molecule has 0 amide bonds. The summed E-state index contributed by atoms with van der Waals surface area (Å²) in [5.41, 5.74) is 0.702. The SMILES string of the molecule is CCCN1CCCC(Nc2noc(-c3ccc(Cl)cc3)c2C(=O)O)C1. The van der Waals surface area contributed by atoms with Gasteiger partial charge in [0, 0.05) is 23.2 Å². The molecule has 1 aromatic carbocycles. The molecular formula is C18H22ClN3O3. The number of anilines is 1. The summed E-state index contributed by atoms with van der Waals surface area (Å²) in [5, 5.41) is 17.5. The van der Waals surface area contributed by atoms with Gasteiger partial charge in [0.2, 0.25) is 0 Å². The van der Waals surface area contributed by atoms with Gasteiger partial charge in [-0.25, -0.2) is 4.79 Å². The van der Waals surface area contributed by atoms with Gasteiger partial charge in [-0.15, -0.1) is 0 Å². The largest absolute Gasteiger partial charge is 0.477 e. The second-order valence-electron chi connectivity index (χ2n) is 6.33. The van der Waals surface area contributed by atoms with Gasteiger partial charge < -0.3 is 19.8 Å². The smallest absolute Gasteiger partial charge is 0.343 e. The molecule has 1 aliphatic heterocycles. The molecule has 6 nitrogen and oxygen atoms in total. The van der Waals surface area contributed by atoms with Crippen LogP contribution in [-0.2, 0) is 0 Å². The van der Waals surface area contributed by atoms with E-state index in [1.165, 1.54) is 0 Å². The number of hydrogen-bond acceptors (Lipinski definition) is 5. The van der Waals surface area contributed by atoms with E-state index in [4.69, 9.17) is 16.1 Å². The maximum absolute atomic E-state index is 11.8. The number of nitrogens with zero attached hydrogens (tertiary/aromatic N) is 2. The number of hydrogen-bond donors (Lipinski definition) is 2. The molecule has 2 N–H and O–H groups in total. The summed E-state index contributed by atoms with van der Waals surface area (Å²) in [6.07, 6.45) is 3.18. The third-order valence-electron chi connectivity index (χ3n) is 4.40. The van der Waals surface area contributed by atoms with Crippen molar-refractivity contribution in [2.75, 3.05) is 25.0 Å². The van der Waals surface area contributed by atoms with Gasteiger partial charge in [-0.05, 0) is 56.6 Å². The predicted octanol–water partition coefficient (Wildman–Crippen LogP) is 3.98. The molecule has 7 heteroatoms. The number of carbonyl (C=O) groups is 1. The molecule has 25 heavy (non-hydrogen) atoms. The first-order valence-electron chi connectivity index (χ1n) is 8.56. The van der Waals surface area contributed by atoms with Crippen molar-refractivity contribution in [1.29, 1.82) is 0 Å². The van der Waals surface area contributed by atoms with Gasteiger partial charge in [0.25, 0.3) is 0 Å². The summed E-state index contributed by atoms with van der Waals surface area (Å²) in [6.45, 7) is 5.19. The van der Waals surface area contributed by atoms with Crippen molar-refractivity contribution in [1.82, 2.24) is 10.1 Å². The van der Waals surface area contributed by atoms with Crippen molar-refractivity contribution in [3.63, 3.8) is 0 Å². The van der Waals surface area contributed by atoms with Crippen LogP contribution < -0.4 is 5.32 Å². The average molecular weight is 364 g/mol. The van der Waals surface area contributed by atoms with E-state index in [9.17, 15) is 9.90 Å². The molecular weight excluding hydrogens is 342 g/mol. The highest BCUT2D eigenvalue weighted by atomic mass is 35.5. The van der Waals surface area contributed by atoms with E-state index in [-0.39, 0.29) is 17.4 Å². The molecule has 0 aliphatic carbocycles. The highest BCUT2D eigenvalue weighted by Gasteiger charge is 2.27. The third kappa shape index (κ3) is 4.14. The zero-order valence-electron chi connectivity index (χ0n) is 14.2. The van der Waals surface area contributed by atoms with Crippen LogP contribution in [0, 0.1) is 0 Å². The van der Waals surface area contributed by atoms with Crippen molar-refractivity contribution in [2.45, 2.75) is 32.2 Å². The number of aromatic carboxylic acids is 1. The average Bonchev–Trinajstić information content (AvgIpc) is 3.00. The first kappa shape index (κ1) is 17.8. The number of aromatic nitrogens is 1. The molecule has 2 aromatic rings. The fourth-order valence-electron chi connectivity index (χ4n) is 3.27. The van der Waals surface area contributed by atoms with Gasteiger partial charge in [-0.1, -0.05) is 23.7 Å². The van der Waals surface area contributed by atoms with E-state index in [2.05, 4.69) is 22.3 Å². The van der Waals surface area contributed by atoms with E-state index in [1.807, 2.05) is 0 Å². The third-order valence-corrected chi connectivity index (χ3v) is 4.65. The summed E-state index contributed by atoms with van der Waals surface area (Å²) in [7, 11) is 0. The van der Waals surface area contributed by atoms with Crippen LogP contribution >= 0.6 is 11.6 Å². The molecule has 0 saturated carbocycles. The van der Waals surface area contributed by atoms with Crippen LogP contribution in [-0.4, -0.2) is 46.8 Å². The van der Waals surface area contributed by atoms with E-state index in [1.54, 1.807) is 24.3 Å². The zero-order valence-corrected chi connectivity index (χ0v) is 14.9. The monoisotopic (exact) mass is 363 g/mol. The van der Waals surface area contributed by atoms with Crippen LogP contribution in [0.1, 0.15) is 36.5 Å². The molecule has 134 valence electrons. The maximum Gasteiger partial charge on any atom is 0.343 e. The van der Waals surface area contributed by atoms with Gasteiger partial charge in [-0.3, -0.25) is 0 Å². The number of rotatable bonds is 6. The van der Waals surface area contributed by atoms with Crippen LogP contribution in [0.4, 0.5) is 5.82 Å². The van der Waals surface area contributed by atoms with Crippen molar-refractivity contribution >= 4 is 23.4 Å². The molecule has 1 saturated heterocycles. The van der Waals surface area contributed by atoms with Crippen molar-refractivity contribution in [3.8, 4) is 11.3 Å². The Hall–Kier alpha value is -2.05. The lowest BCUT2D eigenvalue weighted by atomic mass is 10.0. The minimum Gasteiger partial charge on any atom is -0.477 e. The topological polar surface area (TPSA) is 78.6 Å². The number of halogens is 1.